The summed E-state index contributed by atoms with van der Waals surface area (Å²) in [4.78, 5) is 0. The molecule has 1 saturated carbocycles. The van der Waals surface area contributed by atoms with Crippen molar-refractivity contribution in [3.05, 3.63) is 18.0 Å². The average molecular weight is 175 g/mol. The van der Waals surface area contributed by atoms with Crippen LogP contribution in [-0.2, 0) is 5.41 Å². The minimum Gasteiger partial charge on any atom is -0.480 e. The first-order valence-electron chi connectivity index (χ1n) is 3.64. The van der Waals surface area contributed by atoms with Gasteiger partial charge < -0.3 is 4.52 Å². The number of hydrogen-bond acceptors (Lipinski definition) is 2. The molecule has 1 fully saturated rings. The van der Waals surface area contributed by atoms with Crippen molar-refractivity contribution in [1.82, 2.24) is 5.16 Å². The van der Waals surface area contributed by atoms with E-state index in [1.165, 1.54) is 19.3 Å². The maximum absolute atomic E-state index is 4.66. The van der Waals surface area contributed by atoms with Gasteiger partial charge in [-0.25, -0.2) is 5.16 Å². The summed E-state index contributed by atoms with van der Waals surface area (Å²) < 4.78 is 4.66. The van der Waals surface area contributed by atoms with Crippen molar-refractivity contribution in [1.29, 1.82) is 0 Å². The largest absolute Gasteiger partial charge is 1.00 e. The molecule has 0 spiro atoms. The molecule has 2 rings (SSSR count). The summed E-state index contributed by atoms with van der Waals surface area (Å²) in [5.74, 6) is 0. The van der Waals surface area contributed by atoms with Crippen LogP contribution in [0.25, 0.3) is 0 Å². The molecule has 0 aromatic carbocycles. The van der Waals surface area contributed by atoms with Crippen LogP contribution in [0.1, 0.15) is 31.9 Å². The van der Waals surface area contributed by atoms with Crippen LogP contribution in [0, 0.1) is 6.26 Å². The van der Waals surface area contributed by atoms with Crippen LogP contribution in [0.4, 0.5) is 0 Å². The van der Waals surface area contributed by atoms with Crippen LogP contribution < -0.4 is 51.4 Å². The Kier molecular flexibility index (Phi) is 3.35. The maximum Gasteiger partial charge on any atom is 1.00 e. The Balaban J connectivity index is 0.000000605. The number of nitrogens with zero attached hydrogens (tertiary/aromatic N) is 1. The second-order valence-corrected chi connectivity index (χ2v) is 3.24. The minimum absolute atomic E-state index is 0. The van der Waals surface area contributed by atoms with E-state index < -0.39 is 0 Å². The summed E-state index contributed by atoms with van der Waals surface area (Å²) in [6.07, 6.45) is 6.43. The van der Waals surface area contributed by atoms with Crippen LogP contribution in [-0.4, -0.2) is 5.16 Å². The van der Waals surface area contributed by atoms with Gasteiger partial charge in [-0.3, -0.25) is 0 Å². The van der Waals surface area contributed by atoms with Gasteiger partial charge >= 0.3 is 51.4 Å². The fourth-order valence-corrected chi connectivity index (χ4v) is 1.43. The molecule has 0 amide bonds. The molecule has 0 N–H and O–H groups in total. The molecule has 0 unspecified atom stereocenters. The van der Waals surface area contributed by atoms with Gasteiger partial charge in [0.2, 0.25) is 0 Å². The zero-order valence-corrected chi connectivity index (χ0v) is 10.2. The normalized spacial score (nSPS) is 20.1. The monoisotopic (exact) mass is 175 g/mol. The van der Waals surface area contributed by atoms with E-state index in [9.17, 15) is 0 Å². The standard InChI is InChI=1S/C8H10NO.K/c1-8(4-2-5-8)7-3-6-10-9-7;/h3H,2,4-5H2,1H3;/q-1;+1. The molecule has 0 aliphatic heterocycles. The fraction of sp³-hybridized carbons (Fsp3) is 0.625. The molecule has 3 heteroatoms. The Morgan fingerprint density at radius 1 is 1.64 bits per heavy atom. The van der Waals surface area contributed by atoms with Crippen LogP contribution in [0.2, 0.25) is 0 Å². The molecule has 1 aliphatic carbocycles. The van der Waals surface area contributed by atoms with Crippen molar-refractivity contribution in [3.63, 3.8) is 0 Å². The van der Waals surface area contributed by atoms with E-state index in [2.05, 4.69) is 22.9 Å². The molecule has 1 aromatic heterocycles. The first-order chi connectivity index (χ1) is 4.81. The van der Waals surface area contributed by atoms with Gasteiger partial charge in [-0.1, -0.05) is 37.3 Å². The number of hydrogen-bond donors (Lipinski definition) is 0. The Bertz CT molecular complexity index is 216. The Morgan fingerprint density at radius 2 is 2.36 bits per heavy atom. The van der Waals surface area contributed by atoms with Crippen molar-refractivity contribution >= 4 is 0 Å². The van der Waals surface area contributed by atoms with E-state index in [0.29, 0.717) is 5.41 Å². The fourth-order valence-electron chi connectivity index (χ4n) is 1.43. The van der Waals surface area contributed by atoms with Gasteiger partial charge in [0, 0.05) is 0 Å². The first-order valence-corrected chi connectivity index (χ1v) is 3.64. The third-order valence-electron chi connectivity index (χ3n) is 2.47. The summed E-state index contributed by atoms with van der Waals surface area (Å²) in [6.45, 7) is 2.22. The molecular weight excluding hydrogens is 165 g/mol. The van der Waals surface area contributed by atoms with E-state index in [0.717, 1.165) is 5.69 Å². The molecule has 0 radical (unpaired) electrons. The van der Waals surface area contributed by atoms with E-state index >= 15 is 0 Å². The summed E-state index contributed by atoms with van der Waals surface area (Å²) in [7, 11) is 0. The predicted molar refractivity (Wildman–Crippen MR) is 36.5 cm³/mol. The molecule has 54 valence electrons. The van der Waals surface area contributed by atoms with E-state index in [1.807, 2.05) is 6.07 Å². The average Bonchev–Trinajstić information content (AvgIpc) is 2.33. The molecule has 11 heavy (non-hydrogen) atoms. The van der Waals surface area contributed by atoms with Gasteiger partial charge in [-0.2, -0.15) is 6.07 Å². The Labute approximate surface area is 109 Å². The van der Waals surface area contributed by atoms with Gasteiger partial charge in [0.25, 0.3) is 0 Å². The maximum atomic E-state index is 4.66. The summed E-state index contributed by atoms with van der Waals surface area (Å²) in [5.41, 5.74) is 1.38. The zero-order valence-electron chi connectivity index (χ0n) is 7.05. The molecular formula is C8H10KNO. The zero-order chi connectivity index (χ0) is 7.03. The molecule has 0 bridgehead atoms. The Hall–Kier alpha value is 0.846. The smallest absolute Gasteiger partial charge is 0.480 e. The molecule has 1 aromatic rings. The second-order valence-electron chi connectivity index (χ2n) is 3.24. The van der Waals surface area contributed by atoms with E-state index in [-0.39, 0.29) is 51.4 Å². The van der Waals surface area contributed by atoms with Gasteiger partial charge in [-0.15, -0.1) is 0 Å². The SMILES string of the molecule is CC1(c2c[c-]on2)CCC1.[K+]. The van der Waals surface area contributed by atoms with Crippen molar-refractivity contribution in [2.24, 2.45) is 0 Å². The predicted octanol–water partition coefficient (Wildman–Crippen LogP) is -1.08. The van der Waals surface area contributed by atoms with Gasteiger partial charge in [0.15, 0.2) is 0 Å². The van der Waals surface area contributed by atoms with Crippen LogP contribution in [0.3, 0.4) is 0 Å². The second kappa shape index (κ2) is 3.71. The van der Waals surface area contributed by atoms with E-state index in [1.54, 1.807) is 0 Å². The van der Waals surface area contributed by atoms with Crippen LogP contribution in [0.5, 0.6) is 0 Å². The molecule has 0 saturated heterocycles. The van der Waals surface area contributed by atoms with Crippen molar-refractivity contribution in [2.75, 3.05) is 0 Å². The van der Waals surface area contributed by atoms with Crippen LogP contribution in [0.15, 0.2) is 10.6 Å². The van der Waals surface area contributed by atoms with Gasteiger partial charge in [0.1, 0.15) is 0 Å². The quantitative estimate of drug-likeness (QED) is 0.401. The minimum atomic E-state index is 0. The van der Waals surface area contributed by atoms with Gasteiger partial charge in [0.05, 0.1) is 0 Å². The first kappa shape index (κ1) is 9.93. The van der Waals surface area contributed by atoms with Crippen molar-refractivity contribution < 1.29 is 55.9 Å². The number of rotatable bonds is 1. The summed E-state index contributed by atoms with van der Waals surface area (Å²) in [6, 6.07) is 1.85. The summed E-state index contributed by atoms with van der Waals surface area (Å²) >= 11 is 0. The van der Waals surface area contributed by atoms with Crippen molar-refractivity contribution in [2.45, 2.75) is 31.6 Å². The Morgan fingerprint density at radius 3 is 2.73 bits per heavy atom. The molecule has 0 atom stereocenters. The van der Waals surface area contributed by atoms with E-state index in [4.69, 9.17) is 0 Å². The molecule has 1 heterocycles. The topological polar surface area (TPSA) is 26.0 Å². The summed E-state index contributed by atoms with van der Waals surface area (Å²) in [5, 5.41) is 3.88. The number of aromatic nitrogens is 1. The van der Waals surface area contributed by atoms with Crippen LogP contribution >= 0.6 is 0 Å². The third-order valence-corrected chi connectivity index (χ3v) is 2.47. The van der Waals surface area contributed by atoms with Gasteiger partial charge in [-0.05, 0) is 6.26 Å². The molecule has 2 nitrogen and oxygen atoms in total. The third kappa shape index (κ3) is 1.78. The molecule has 1 aliphatic rings. The van der Waals surface area contributed by atoms with Crippen molar-refractivity contribution in [3.8, 4) is 0 Å².